The third-order valence-electron chi connectivity index (χ3n) is 3.37. The molecule has 0 atom stereocenters. The minimum Gasteiger partial charge on any atom is -0.493 e. The van der Waals surface area contributed by atoms with Gasteiger partial charge in [-0.1, -0.05) is 13.3 Å². The summed E-state index contributed by atoms with van der Waals surface area (Å²) >= 11 is 0. The van der Waals surface area contributed by atoms with Crippen molar-refractivity contribution in [3.8, 4) is 5.75 Å². The summed E-state index contributed by atoms with van der Waals surface area (Å²) in [5.74, 6) is -3.24. The lowest BCUT2D eigenvalue weighted by molar-refractivity contribution is -0.137. The fraction of sp³-hybridized carbons (Fsp3) is 0.375. The zero-order chi connectivity index (χ0) is 17.7. The number of unbranched alkanes of at least 4 members (excludes halogenated alkanes) is 1. The van der Waals surface area contributed by atoms with Crippen LogP contribution in [0.3, 0.4) is 0 Å². The van der Waals surface area contributed by atoms with Gasteiger partial charge in [0, 0.05) is 18.2 Å². The van der Waals surface area contributed by atoms with Gasteiger partial charge in [-0.3, -0.25) is 14.5 Å². The molecule has 0 unspecified atom stereocenters. The smallest absolute Gasteiger partial charge is 0.277 e. The van der Waals surface area contributed by atoms with Gasteiger partial charge in [-0.15, -0.1) is 0 Å². The predicted octanol–water partition coefficient (Wildman–Crippen LogP) is 1.80. The molecule has 2 rings (SSSR count). The molecule has 1 aromatic carbocycles. The topological polar surface area (TPSA) is 78.9 Å². The number of benzene rings is 1. The Hall–Kier alpha value is -2.48. The fourth-order valence-corrected chi connectivity index (χ4v) is 2.13. The van der Waals surface area contributed by atoms with Crippen molar-refractivity contribution in [2.24, 2.45) is 0 Å². The van der Waals surface area contributed by atoms with E-state index in [1.54, 1.807) is 0 Å². The summed E-state index contributed by atoms with van der Waals surface area (Å²) in [6.45, 7) is 1.72. The molecule has 6 nitrogen and oxygen atoms in total. The highest BCUT2D eigenvalue weighted by Crippen LogP contribution is 2.27. The molecule has 0 bridgehead atoms. The van der Waals surface area contributed by atoms with E-state index >= 15 is 0 Å². The van der Waals surface area contributed by atoms with E-state index in [-0.39, 0.29) is 18.0 Å². The molecule has 0 saturated carbocycles. The number of nitrogens with zero attached hydrogens (tertiary/aromatic N) is 1. The summed E-state index contributed by atoms with van der Waals surface area (Å²) in [5, 5.41) is 11.1. The van der Waals surface area contributed by atoms with Gasteiger partial charge in [-0.05, 0) is 6.42 Å². The molecular weight excluding hydrogens is 322 g/mol. The molecule has 2 N–H and O–H groups in total. The number of aliphatic hydroxyl groups is 1. The first-order valence-electron chi connectivity index (χ1n) is 7.55. The Balaban J connectivity index is 2.14. The predicted molar refractivity (Wildman–Crippen MR) is 82.3 cm³/mol. The molecule has 24 heavy (non-hydrogen) atoms. The minimum atomic E-state index is -0.941. The second-order valence-corrected chi connectivity index (χ2v) is 5.17. The van der Waals surface area contributed by atoms with Crippen LogP contribution < -0.4 is 10.1 Å². The van der Waals surface area contributed by atoms with E-state index in [2.05, 4.69) is 5.32 Å². The van der Waals surface area contributed by atoms with Gasteiger partial charge in [0.05, 0.1) is 19.8 Å². The third-order valence-corrected chi connectivity index (χ3v) is 3.37. The number of β-amino-alcohol motifs (C(OH)–C–C–N with tert-alkyl or cyclic N) is 1. The lowest BCUT2D eigenvalue weighted by Gasteiger charge is -2.14. The summed E-state index contributed by atoms with van der Waals surface area (Å²) < 4.78 is 33.4. The second-order valence-electron chi connectivity index (χ2n) is 5.17. The van der Waals surface area contributed by atoms with Crippen LogP contribution in [0.15, 0.2) is 23.9 Å². The van der Waals surface area contributed by atoms with Crippen molar-refractivity contribution in [2.75, 3.05) is 25.1 Å². The van der Waals surface area contributed by atoms with Crippen molar-refractivity contribution in [3.05, 3.63) is 35.5 Å². The first-order valence-corrected chi connectivity index (χ1v) is 7.55. The van der Waals surface area contributed by atoms with Gasteiger partial charge in [-0.2, -0.15) is 0 Å². The number of halogens is 2. The molecular formula is C16H18F2N2O4. The largest absolute Gasteiger partial charge is 0.493 e. The number of anilines is 1. The number of rotatable bonds is 8. The number of carbonyl (C=O) groups is 2. The normalized spacial score (nSPS) is 14.2. The van der Waals surface area contributed by atoms with Gasteiger partial charge in [0.1, 0.15) is 17.1 Å². The van der Waals surface area contributed by atoms with E-state index in [4.69, 9.17) is 9.84 Å². The Morgan fingerprint density at radius 3 is 2.50 bits per heavy atom. The van der Waals surface area contributed by atoms with Crippen LogP contribution in [-0.4, -0.2) is 41.6 Å². The number of hydrogen-bond acceptors (Lipinski definition) is 5. The molecule has 1 aromatic rings. The molecule has 0 fully saturated rings. The SMILES string of the molecule is CCCCOc1cc(F)c(NC2=CC(=O)N(CCO)C2=O)c(F)c1. The Morgan fingerprint density at radius 1 is 1.25 bits per heavy atom. The van der Waals surface area contributed by atoms with E-state index in [9.17, 15) is 18.4 Å². The highest BCUT2D eigenvalue weighted by molar-refractivity contribution is 6.17. The van der Waals surface area contributed by atoms with Crippen molar-refractivity contribution >= 4 is 17.5 Å². The van der Waals surface area contributed by atoms with E-state index in [1.165, 1.54) is 0 Å². The molecule has 0 radical (unpaired) electrons. The molecule has 0 saturated heterocycles. The lowest BCUT2D eigenvalue weighted by atomic mass is 10.2. The van der Waals surface area contributed by atoms with Crippen molar-refractivity contribution in [1.82, 2.24) is 4.90 Å². The van der Waals surface area contributed by atoms with Gasteiger partial charge < -0.3 is 15.2 Å². The van der Waals surface area contributed by atoms with E-state index in [0.717, 1.165) is 36.0 Å². The maximum Gasteiger partial charge on any atom is 0.277 e. The average Bonchev–Trinajstić information content (AvgIpc) is 2.79. The van der Waals surface area contributed by atoms with Crippen molar-refractivity contribution in [1.29, 1.82) is 0 Å². The summed E-state index contributed by atoms with van der Waals surface area (Å²) in [6, 6.07) is 2.02. The molecule has 2 amide bonds. The zero-order valence-corrected chi connectivity index (χ0v) is 13.1. The molecule has 8 heteroatoms. The van der Waals surface area contributed by atoms with Gasteiger partial charge in [0.2, 0.25) is 0 Å². The Bertz CT molecular complexity index is 653. The summed E-state index contributed by atoms with van der Waals surface area (Å²) in [6.07, 6.45) is 2.58. The van der Waals surface area contributed by atoms with E-state index in [1.807, 2.05) is 6.92 Å². The number of imide groups is 1. The molecule has 130 valence electrons. The first kappa shape index (κ1) is 17.9. The molecule has 0 aliphatic carbocycles. The van der Waals surface area contributed by atoms with Crippen LogP contribution >= 0.6 is 0 Å². The molecule has 1 aliphatic heterocycles. The summed E-state index contributed by atoms with van der Waals surface area (Å²) in [7, 11) is 0. The van der Waals surface area contributed by atoms with Gasteiger partial charge >= 0.3 is 0 Å². The summed E-state index contributed by atoms with van der Waals surface area (Å²) in [5.41, 5.74) is -0.804. The maximum absolute atomic E-state index is 14.1. The number of amides is 2. The van der Waals surface area contributed by atoms with Crippen molar-refractivity contribution < 1.29 is 28.2 Å². The summed E-state index contributed by atoms with van der Waals surface area (Å²) in [4.78, 5) is 24.4. The standard InChI is InChI=1S/C16H18F2N2O4/c1-2-3-6-24-10-7-11(17)15(12(18)8-10)19-13-9-14(22)20(4-5-21)16(13)23/h7-9,19,21H,2-6H2,1H3. The van der Waals surface area contributed by atoms with Crippen LogP contribution in [0.1, 0.15) is 19.8 Å². The van der Waals surface area contributed by atoms with Crippen LogP contribution in [0, 0.1) is 11.6 Å². The van der Waals surface area contributed by atoms with Crippen LogP contribution in [0.2, 0.25) is 0 Å². The first-order chi connectivity index (χ1) is 11.5. The molecule has 0 spiro atoms. The molecule has 0 aromatic heterocycles. The average molecular weight is 340 g/mol. The van der Waals surface area contributed by atoms with Crippen molar-refractivity contribution in [3.63, 3.8) is 0 Å². The zero-order valence-electron chi connectivity index (χ0n) is 13.1. The number of carbonyl (C=O) groups excluding carboxylic acids is 2. The highest BCUT2D eigenvalue weighted by Gasteiger charge is 2.31. The third kappa shape index (κ3) is 3.88. The number of nitrogens with one attached hydrogen (secondary N) is 1. The Kier molecular flexibility index (Phi) is 5.86. The van der Waals surface area contributed by atoms with Gasteiger partial charge in [0.15, 0.2) is 11.6 Å². The lowest BCUT2D eigenvalue weighted by Crippen LogP contribution is -2.34. The minimum absolute atomic E-state index is 0.0497. The van der Waals surface area contributed by atoms with Gasteiger partial charge in [-0.25, -0.2) is 8.78 Å². The number of hydrogen-bond donors (Lipinski definition) is 2. The van der Waals surface area contributed by atoms with Crippen molar-refractivity contribution in [2.45, 2.75) is 19.8 Å². The van der Waals surface area contributed by atoms with Gasteiger partial charge in [0.25, 0.3) is 11.8 Å². The maximum atomic E-state index is 14.1. The van der Waals surface area contributed by atoms with Crippen LogP contribution in [0.4, 0.5) is 14.5 Å². The number of aliphatic hydroxyl groups excluding tert-OH is 1. The highest BCUT2D eigenvalue weighted by atomic mass is 19.1. The Labute approximate surface area is 137 Å². The fourth-order valence-electron chi connectivity index (χ4n) is 2.13. The number of ether oxygens (including phenoxy) is 1. The quantitative estimate of drug-likeness (QED) is 0.557. The molecule has 1 aliphatic rings. The second kappa shape index (κ2) is 7.87. The molecule has 1 heterocycles. The van der Waals surface area contributed by atoms with Crippen LogP contribution in [-0.2, 0) is 9.59 Å². The van der Waals surface area contributed by atoms with Crippen LogP contribution in [0.25, 0.3) is 0 Å². The Morgan fingerprint density at radius 2 is 1.92 bits per heavy atom. The monoisotopic (exact) mass is 340 g/mol. The van der Waals surface area contributed by atoms with Crippen LogP contribution in [0.5, 0.6) is 5.75 Å². The van der Waals surface area contributed by atoms with E-state index < -0.39 is 35.7 Å². The van der Waals surface area contributed by atoms with E-state index in [0.29, 0.717) is 6.61 Å².